The summed E-state index contributed by atoms with van der Waals surface area (Å²) in [5.74, 6) is 0.331. The number of carbonyl (C=O) groups is 1. The Morgan fingerprint density at radius 2 is 1.88 bits per heavy atom. The zero-order valence-electron chi connectivity index (χ0n) is 10.8. The fourth-order valence-electron chi connectivity index (χ4n) is 2.03. The summed E-state index contributed by atoms with van der Waals surface area (Å²) in [5.41, 5.74) is 0.766. The Hall–Kier alpha value is -0.670. The van der Waals surface area contributed by atoms with Crippen molar-refractivity contribution in [2.24, 2.45) is 0 Å². The lowest BCUT2D eigenvalue weighted by Gasteiger charge is -2.40. The first-order valence-electron chi connectivity index (χ1n) is 6.08. The molecule has 1 aliphatic rings. The van der Waals surface area contributed by atoms with E-state index in [9.17, 15) is 4.79 Å². The molecule has 1 N–H and O–H groups in total. The van der Waals surface area contributed by atoms with E-state index in [-0.39, 0.29) is 5.54 Å². The third kappa shape index (κ3) is 3.42. The molecule has 1 heterocycles. The van der Waals surface area contributed by atoms with Gasteiger partial charge in [0, 0.05) is 32.6 Å². The number of Topliss-reactive ketones (excluding diaryl/α,β-unsaturated/α-hetero) is 1. The predicted octanol–water partition coefficient (Wildman–Crippen LogP) is 1.60. The van der Waals surface area contributed by atoms with Crippen molar-refractivity contribution >= 4 is 5.78 Å². The van der Waals surface area contributed by atoms with Crippen LogP contribution in [0.3, 0.4) is 0 Å². The minimum Gasteiger partial charge on any atom is -0.314 e. The van der Waals surface area contributed by atoms with Crippen molar-refractivity contribution in [1.29, 1.82) is 0 Å². The largest absolute Gasteiger partial charge is 0.314 e. The summed E-state index contributed by atoms with van der Waals surface area (Å²) in [5, 5.41) is 3.31. The Labute approximate surface area is 98.9 Å². The number of ketones is 1. The van der Waals surface area contributed by atoms with Crippen LogP contribution >= 0.6 is 0 Å². The van der Waals surface area contributed by atoms with Crippen LogP contribution < -0.4 is 5.32 Å². The Kier molecular flexibility index (Phi) is 4.69. The van der Waals surface area contributed by atoms with Crippen molar-refractivity contribution in [2.75, 3.05) is 26.2 Å². The third-order valence-corrected chi connectivity index (χ3v) is 3.37. The first kappa shape index (κ1) is 13.4. The lowest BCUT2D eigenvalue weighted by atomic mass is 9.92. The normalized spacial score (nSPS) is 18.4. The maximum absolute atomic E-state index is 12.2. The van der Waals surface area contributed by atoms with E-state index in [1.165, 1.54) is 0 Å². The summed E-state index contributed by atoms with van der Waals surface area (Å²) in [6, 6.07) is 0. The van der Waals surface area contributed by atoms with E-state index in [0.717, 1.165) is 38.2 Å². The van der Waals surface area contributed by atoms with Crippen LogP contribution in [0.4, 0.5) is 0 Å². The van der Waals surface area contributed by atoms with E-state index >= 15 is 0 Å². The van der Waals surface area contributed by atoms with Crippen LogP contribution in [0.5, 0.6) is 0 Å². The Morgan fingerprint density at radius 1 is 1.31 bits per heavy atom. The summed E-state index contributed by atoms with van der Waals surface area (Å²) in [6.45, 7) is 13.8. The van der Waals surface area contributed by atoms with Crippen LogP contribution in [0.2, 0.25) is 0 Å². The zero-order chi connectivity index (χ0) is 12.2. The van der Waals surface area contributed by atoms with Crippen molar-refractivity contribution in [3.63, 3.8) is 0 Å². The fourth-order valence-corrected chi connectivity index (χ4v) is 2.03. The van der Waals surface area contributed by atoms with Gasteiger partial charge in [0.1, 0.15) is 0 Å². The van der Waals surface area contributed by atoms with Crippen LogP contribution in [0.15, 0.2) is 12.2 Å². The highest BCUT2D eigenvalue weighted by molar-refractivity contribution is 5.87. The van der Waals surface area contributed by atoms with Crippen LogP contribution in [0.25, 0.3) is 0 Å². The summed E-state index contributed by atoms with van der Waals surface area (Å²) < 4.78 is 0. The molecule has 1 saturated heterocycles. The van der Waals surface area contributed by atoms with Gasteiger partial charge in [-0.05, 0) is 27.2 Å². The molecule has 0 aliphatic carbocycles. The maximum Gasteiger partial charge on any atom is 0.152 e. The minimum absolute atomic E-state index is 0.322. The molecule has 0 unspecified atom stereocenters. The van der Waals surface area contributed by atoms with E-state index in [1.807, 2.05) is 20.8 Å². The van der Waals surface area contributed by atoms with Gasteiger partial charge in [-0.1, -0.05) is 5.57 Å². The molecule has 0 spiro atoms. The smallest absolute Gasteiger partial charge is 0.152 e. The fraction of sp³-hybridized carbons (Fsp3) is 0.769. The predicted molar refractivity (Wildman–Crippen MR) is 67.6 cm³/mol. The van der Waals surface area contributed by atoms with Gasteiger partial charge in [0.05, 0.1) is 5.54 Å². The van der Waals surface area contributed by atoms with Gasteiger partial charge in [-0.3, -0.25) is 9.69 Å². The second-order valence-corrected chi connectivity index (χ2v) is 5.18. The molecule has 1 fully saturated rings. The highest BCUT2D eigenvalue weighted by Crippen LogP contribution is 2.19. The molecule has 0 saturated carbocycles. The number of rotatable bonds is 5. The molecule has 0 bridgehead atoms. The Balaban J connectivity index is 2.53. The molecule has 0 aromatic heterocycles. The molecule has 3 nitrogen and oxygen atoms in total. The summed E-state index contributed by atoms with van der Waals surface area (Å²) in [4.78, 5) is 14.4. The van der Waals surface area contributed by atoms with Gasteiger partial charge in [-0.15, -0.1) is 6.58 Å². The van der Waals surface area contributed by atoms with Crippen LogP contribution in [0.1, 0.15) is 33.6 Å². The molecular formula is C13H24N2O. The van der Waals surface area contributed by atoms with Gasteiger partial charge >= 0.3 is 0 Å². The minimum atomic E-state index is -0.322. The molecule has 0 amide bonds. The van der Waals surface area contributed by atoms with Gasteiger partial charge in [0.2, 0.25) is 0 Å². The van der Waals surface area contributed by atoms with Gasteiger partial charge in [0.15, 0.2) is 5.78 Å². The molecular weight excluding hydrogens is 200 g/mol. The standard InChI is InChI=1S/C13H24N2O/c1-11(2)5-6-12(16)13(3,4)15-9-7-14-8-10-15/h14H,1,5-10H2,2-4H3. The lowest BCUT2D eigenvalue weighted by Crippen LogP contribution is -2.57. The summed E-state index contributed by atoms with van der Waals surface area (Å²) >= 11 is 0. The van der Waals surface area contributed by atoms with Crippen molar-refractivity contribution in [3.05, 3.63) is 12.2 Å². The van der Waals surface area contributed by atoms with E-state index < -0.39 is 0 Å². The van der Waals surface area contributed by atoms with Crippen molar-refractivity contribution in [1.82, 2.24) is 10.2 Å². The van der Waals surface area contributed by atoms with Crippen LogP contribution in [0, 0.1) is 0 Å². The first-order chi connectivity index (χ1) is 7.44. The topological polar surface area (TPSA) is 32.3 Å². The van der Waals surface area contributed by atoms with Gasteiger partial charge in [0.25, 0.3) is 0 Å². The molecule has 0 atom stereocenters. The monoisotopic (exact) mass is 224 g/mol. The maximum atomic E-state index is 12.2. The number of nitrogens with one attached hydrogen (secondary N) is 1. The number of carbonyl (C=O) groups excluding carboxylic acids is 1. The van der Waals surface area contributed by atoms with Crippen LogP contribution in [-0.4, -0.2) is 42.4 Å². The van der Waals surface area contributed by atoms with Crippen molar-refractivity contribution in [3.8, 4) is 0 Å². The van der Waals surface area contributed by atoms with Crippen LogP contribution in [-0.2, 0) is 4.79 Å². The van der Waals surface area contributed by atoms with Crippen molar-refractivity contribution < 1.29 is 4.79 Å². The van der Waals surface area contributed by atoms with Gasteiger partial charge < -0.3 is 5.32 Å². The summed E-state index contributed by atoms with van der Waals surface area (Å²) in [7, 11) is 0. The van der Waals surface area contributed by atoms with E-state index in [4.69, 9.17) is 0 Å². The zero-order valence-corrected chi connectivity index (χ0v) is 10.8. The van der Waals surface area contributed by atoms with E-state index in [2.05, 4.69) is 16.8 Å². The average molecular weight is 224 g/mol. The molecule has 3 heteroatoms. The van der Waals surface area contributed by atoms with E-state index in [0.29, 0.717) is 12.2 Å². The average Bonchev–Trinajstić information content (AvgIpc) is 2.27. The second kappa shape index (κ2) is 5.60. The molecule has 92 valence electrons. The van der Waals surface area contributed by atoms with Gasteiger partial charge in [-0.2, -0.15) is 0 Å². The molecule has 16 heavy (non-hydrogen) atoms. The lowest BCUT2D eigenvalue weighted by molar-refractivity contribution is -0.129. The SMILES string of the molecule is C=C(C)CCC(=O)C(C)(C)N1CCNCC1. The van der Waals surface area contributed by atoms with Gasteiger partial charge in [-0.25, -0.2) is 0 Å². The number of nitrogens with zero attached hydrogens (tertiary/aromatic N) is 1. The Morgan fingerprint density at radius 3 is 2.38 bits per heavy atom. The highest BCUT2D eigenvalue weighted by atomic mass is 16.1. The molecule has 0 radical (unpaired) electrons. The third-order valence-electron chi connectivity index (χ3n) is 3.37. The van der Waals surface area contributed by atoms with Crippen molar-refractivity contribution in [2.45, 2.75) is 39.2 Å². The molecule has 1 aliphatic heterocycles. The molecule has 0 aromatic carbocycles. The Bertz CT molecular complexity index is 265. The van der Waals surface area contributed by atoms with E-state index in [1.54, 1.807) is 0 Å². The number of allylic oxidation sites excluding steroid dienone is 1. The number of piperazine rings is 1. The first-order valence-corrected chi connectivity index (χ1v) is 6.08. The number of hydrogen-bond donors (Lipinski definition) is 1. The summed E-state index contributed by atoms with van der Waals surface area (Å²) in [6.07, 6.45) is 1.43. The molecule has 1 rings (SSSR count). The number of hydrogen-bond acceptors (Lipinski definition) is 3. The quantitative estimate of drug-likeness (QED) is 0.720. The molecule has 0 aromatic rings. The second-order valence-electron chi connectivity index (χ2n) is 5.18. The highest BCUT2D eigenvalue weighted by Gasteiger charge is 2.34.